The molecule has 120 valence electrons. The third kappa shape index (κ3) is 3.52. The maximum atomic E-state index is 12.4. The van der Waals surface area contributed by atoms with Crippen molar-refractivity contribution in [1.82, 2.24) is 9.97 Å². The average Bonchev–Trinajstić information content (AvgIpc) is 2.84. The number of nitrogens with one attached hydrogen (secondary N) is 1. The SMILES string of the molecule is CC(C)(N)CSCC(=O)c1ccc2[nH]c3nccc(Cl)c3c2c1. The van der Waals surface area contributed by atoms with Crippen molar-refractivity contribution < 1.29 is 4.79 Å². The lowest BCUT2D eigenvalue weighted by Gasteiger charge is -2.17. The second kappa shape index (κ2) is 6.15. The summed E-state index contributed by atoms with van der Waals surface area (Å²) in [7, 11) is 0. The van der Waals surface area contributed by atoms with E-state index in [1.807, 2.05) is 32.0 Å². The Hall–Kier alpha value is -1.56. The van der Waals surface area contributed by atoms with Crippen LogP contribution in [0.25, 0.3) is 21.9 Å². The van der Waals surface area contributed by atoms with Gasteiger partial charge in [-0.25, -0.2) is 4.98 Å². The normalized spacial score (nSPS) is 12.2. The van der Waals surface area contributed by atoms with Crippen LogP contribution in [-0.4, -0.2) is 32.8 Å². The number of Topliss-reactive ketones (excluding diaryl/α,β-unsaturated/α-hetero) is 1. The number of H-pyrrole nitrogens is 1. The van der Waals surface area contributed by atoms with E-state index in [0.717, 1.165) is 27.7 Å². The maximum absolute atomic E-state index is 12.4. The number of ketones is 1. The van der Waals surface area contributed by atoms with Crippen LogP contribution in [-0.2, 0) is 0 Å². The van der Waals surface area contributed by atoms with E-state index in [2.05, 4.69) is 9.97 Å². The molecule has 3 rings (SSSR count). The number of thioether (sulfide) groups is 1. The molecule has 0 fully saturated rings. The third-order valence-electron chi connectivity index (χ3n) is 3.47. The van der Waals surface area contributed by atoms with Gasteiger partial charge < -0.3 is 10.7 Å². The number of hydrogen-bond acceptors (Lipinski definition) is 4. The van der Waals surface area contributed by atoms with Gasteiger partial charge in [-0.2, -0.15) is 11.8 Å². The van der Waals surface area contributed by atoms with Crippen LogP contribution in [0.4, 0.5) is 0 Å². The molecule has 0 aliphatic carbocycles. The Morgan fingerprint density at radius 1 is 1.39 bits per heavy atom. The van der Waals surface area contributed by atoms with E-state index in [4.69, 9.17) is 17.3 Å². The Morgan fingerprint density at radius 2 is 2.17 bits per heavy atom. The fourth-order valence-corrected chi connectivity index (χ4v) is 3.67. The zero-order valence-electron chi connectivity index (χ0n) is 13.0. The van der Waals surface area contributed by atoms with Gasteiger partial charge in [-0.1, -0.05) is 11.6 Å². The topological polar surface area (TPSA) is 71.8 Å². The molecule has 3 N–H and O–H groups in total. The Balaban J connectivity index is 1.90. The zero-order chi connectivity index (χ0) is 16.6. The smallest absolute Gasteiger partial charge is 0.172 e. The highest BCUT2D eigenvalue weighted by Gasteiger charge is 2.15. The van der Waals surface area contributed by atoms with Crippen molar-refractivity contribution in [3.63, 3.8) is 0 Å². The molecule has 0 amide bonds. The number of nitrogens with zero attached hydrogens (tertiary/aromatic N) is 1. The standard InChI is InChI=1S/C17H18ClN3OS/c1-17(2,19)9-23-8-14(22)10-3-4-13-11(7-10)15-12(18)5-6-20-16(15)21-13/h3-7H,8-9,19H2,1-2H3,(H,20,21). The second-order valence-electron chi connectivity index (χ2n) is 6.31. The Bertz CT molecular complexity index is 883. The van der Waals surface area contributed by atoms with Gasteiger partial charge in [0.2, 0.25) is 0 Å². The Morgan fingerprint density at radius 3 is 2.91 bits per heavy atom. The summed E-state index contributed by atoms with van der Waals surface area (Å²) < 4.78 is 0. The van der Waals surface area contributed by atoms with Crippen LogP contribution in [0.15, 0.2) is 30.5 Å². The van der Waals surface area contributed by atoms with E-state index < -0.39 is 0 Å². The van der Waals surface area contributed by atoms with Gasteiger partial charge in [-0.3, -0.25) is 4.79 Å². The number of fused-ring (bicyclic) bond motifs is 3. The number of hydrogen-bond donors (Lipinski definition) is 2. The summed E-state index contributed by atoms with van der Waals surface area (Å²) in [5.41, 5.74) is 8.01. The van der Waals surface area contributed by atoms with Crippen LogP contribution in [0.3, 0.4) is 0 Å². The highest BCUT2D eigenvalue weighted by atomic mass is 35.5. The number of benzene rings is 1. The van der Waals surface area contributed by atoms with Crippen LogP contribution >= 0.6 is 23.4 Å². The first-order valence-corrected chi connectivity index (χ1v) is 8.84. The summed E-state index contributed by atoms with van der Waals surface area (Å²) in [6, 6.07) is 7.38. The average molecular weight is 348 g/mol. The summed E-state index contributed by atoms with van der Waals surface area (Å²) in [6.45, 7) is 3.91. The fraction of sp³-hybridized carbons (Fsp3) is 0.294. The van der Waals surface area contributed by atoms with Crippen LogP contribution in [0.1, 0.15) is 24.2 Å². The van der Waals surface area contributed by atoms with Gasteiger partial charge in [-0.05, 0) is 38.1 Å². The maximum Gasteiger partial charge on any atom is 0.172 e. The van der Waals surface area contributed by atoms with Crippen molar-refractivity contribution >= 4 is 51.1 Å². The number of aromatic amines is 1. The van der Waals surface area contributed by atoms with Gasteiger partial charge in [0.25, 0.3) is 0 Å². The van der Waals surface area contributed by atoms with Crippen molar-refractivity contribution in [2.75, 3.05) is 11.5 Å². The van der Waals surface area contributed by atoms with E-state index >= 15 is 0 Å². The molecule has 0 saturated carbocycles. The van der Waals surface area contributed by atoms with Gasteiger partial charge in [0.05, 0.1) is 10.8 Å². The Labute approximate surface area is 143 Å². The van der Waals surface area contributed by atoms with Gasteiger partial charge in [0.15, 0.2) is 5.78 Å². The van der Waals surface area contributed by atoms with Crippen LogP contribution in [0, 0.1) is 0 Å². The zero-order valence-corrected chi connectivity index (χ0v) is 14.6. The highest BCUT2D eigenvalue weighted by Crippen LogP contribution is 2.30. The third-order valence-corrected chi connectivity index (χ3v) is 5.20. The molecule has 0 spiro atoms. The molecule has 0 aliphatic heterocycles. The molecule has 0 bridgehead atoms. The number of rotatable bonds is 5. The lowest BCUT2D eigenvalue weighted by Crippen LogP contribution is -2.35. The first-order valence-electron chi connectivity index (χ1n) is 7.31. The minimum absolute atomic E-state index is 0.0931. The molecule has 0 saturated heterocycles. The van der Waals surface area contributed by atoms with Crippen molar-refractivity contribution in [1.29, 1.82) is 0 Å². The number of pyridine rings is 1. The van der Waals surface area contributed by atoms with E-state index in [9.17, 15) is 4.79 Å². The number of carbonyl (C=O) groups excluding carboxylic acids is 1. The lowest BCUT2D eigenvalue weighted by molar-refractivity contribution is 0.102. The minimum atomic E-state index is -0.273. The van der Waals surface area contributed by atoms with Crippen molar-refractivity contribution in [3.8, 4) is 0 Å². The summed E-state index contributed by atoms with van der Waals surface area (Å²) in [4.78, 5) is 19.9. The molecular weight excluding hydrogens is 330 g/mol. The van der Waals surface area contributed by atoms with E-state index in [1.54, 1.807) is 24.0 Å². The van der Waals surface area contributed by atoms with Gasteiger partial charge in [0.1, 0.15) is 5.65 Å². The summed E-state index contributed by atoms with van der Waals surface area (Å²) >= 11 is 7.84. The van der Waals surface area contributed by atoms with Crippen LogP contribution in [0.5, 0.6) is 0 Å². The van der Waals surface area contributed by atoms with Crippen molar-refractivity contribution in [3.05, 3.63) is 41.0 Å². The van der Waals surface area contributed by atoms with Crippen LogP contribution < -0.4 is 5.73 Å². The molecule has 0 aliphatic rings. The highest BCUT2D eigenvalue weighted by molar-refractivity contribution is 8.00. The van der Waals surface area contributed by atoms with E-state index in [1.165, 1.54) is 0 Å². The molecular formula is C17H18ClN3OS. The molecule has 0 radical (unpaired) electrons. The number of halogens is 1. The van der Waals surface area contributed by atoms with Gasteiger partial charge in [-0.15, -0.1) is 0 Å². The van der Waals surface area contributed by atoms with Crippen molar-refractivity contribution in [2.24, 2.45) is 5.73 Å². The predicted octanol–water partition coefficient (Wildman–Crippen LogP) is 4.02. The van der Waals surface area contributed by atoms with E-state index in [-0.39, 0.29) is 11.3 Å². The predicted molar refractivity (Wildman–Crippen MR) is 98.5 cm³/mol. The fourth-order valence-electron chi connectivity index (χ4n) is 2.44. The van der Waals surface area contributed by atoms with E-state index in [0.29, 0.717) is 16.3 Å². The quantitative estimate of drug-likeness (QED) is 0.684. The molecule has 2 heterocycles. The van der Waals surface area contributed by atoms with Gasteiger partial charge in [0, 0.05) is 39.3 Å². The number of nitrogens with two attached hydrogens (primary N) is 1. The first-order chi connectivity index (χ1) is 10.8. The summed E-state index contributed by atoms with van der Waals surface area (Å²) in [6.07, 6.45) is 1.66. The van der Waals surface area contributed by atoms with Crippen LogP contribution in [0.2, 0.25) is 5.02 Å². The molecule has 23 heavy (non-hydrogen) atoms. The number of aromatic nitrogens is 2. The molecule has 3 aromatic rings. The molecule has 6 heteroatoms. The number of carbonyl (C=O) groups is 1. The molecule has 2 aromatic heterocycles. The summed E-state index contributed by atoms with van der Waals surface area (Å²) in [5, 5.41) is 2.41. The Kier molecular flexibility index (Phi) is 4.36. The minimum Gasteiger partial charge on any atom is -0.339 e. The lowest BCUT2D eigenvalue weighted by atomic mass is 10.1. The monoisotopic (exact) mass is 347 g/mol. The first kappa shape index (κ1) is 16.3. The molecule has 0 atom stereocenters. The molecule has 4 nitrogen and oxygen atoms in total. The largest absolute Gasteiger partial charge is 0.339 e. The molecule has 1 aromatic carbocycles. The molecule has 0 unspecified atom stereocenters. The summed E-state index contributed by atoms with van der Waals surface area (Å²) in [5.74, 6) is 1.25. The van der Waals surface area contributed by atoms with Gasteiger partial charge >= 0.3 is 0 Å². The van der Waals surface area contributed by atoms with Crippen molar-refractivity contribution in [2.45, 2.75) is 19.4 Å². The second-order valence-corrected chi connectivity index (χ2v) is 7.70.